The van der Waals surface area contributed by atoms with E-state index in [-0.39, 0.29) is 11.9 Å². The molecule has 1 fully saturated rings. The lowest BCUT2D eigenvalue weighted by atomic mass is 9.91. The Kier molecular flexibility index (Phi) is 5.06. The van der Waals surface area contributed by atoms with Crippen LogP contribution in [0.15, 0.2) is 28.3 Å². The van der Waals surface area contributed by atoms with Crippen molar-refractivity contribution in [2.75, 3.05) is 18.4 Å². The van der Waals surface area contributed by atoms with Crippen molar-refractivity contribution in [1.82, 2.24) is 10.1 Å². The highest BCUT2D eigenvalue weighted by atomic mass is 19.2. The maximum atomic E-state index is 13.4. The van der Waals surface area contributed by atoms with Crippen molar-refractivity contribution >= 4 is 18.0 Å². The quantitative estimate of drug-likeness (QED) is 0.855. The number of piperidine rings is 1. The van der Waals surface area contributed by atoms with E-state index < -0.39 is 11.6 Å². The van der Waals surface area contributed by atoms with Crippen LogP contribution in [0.4, 0.5) is 19.5 Å². The Morgan fingerprint density at radius 2 is 2.12 bits per heavy atom. The van der Waals surface area contributed by atoms with Crippen LogP contribution in [0.5, 0.6) is 0 Å². The van der Waals surface area contributed by atoms with Crippen LogP contribution < -0.4 is 5.32 Å². The summed E-state index contributed by atoms with van der Waals surface area (Å²) in [6, 6.07) is 3.62. The van der Waals surface area contributed by atoms with Crippen LogP contribution in [0.3, 0.4) is 0 Å². The van der Waals surface area contributed by atoms with E-state index in [1.165, 1.54) is 6.07 Å². The minimum atomic E-state index is -0.860. The number of amides is 2. The molecule has 2 aromatic rings. The minimum Gasteiger partial charge on any atom is -0.338 e. The van der Waals surface area contributed by atoms with Crippen molar-refractivity contribution in [2.24, 2.45) is 5.92 Å². The lowest BCUT2D eigenvalue weighted by Crippen LogP contribution is -2.42. The Morgan fingerprint density at radius 3 is 2.73 bits per heavy atom. The molecule has 0 spiro atoms. The van der Waals surface area contributed by atoms with E-state index in [0.29, 0.717) is 31.0 Å². The van der Waals surface area contributed by atoms with Crippen molar-refractivity contribution in [2.45, 2.75) is 27.2 Å². The van der Waals surface area contributed by atoms with Gasteiger partial charge in [-0.3, -0.25) is 5.32 Å². The summed E-state index contributed by atoms with van der Waals surface area (Å²) in [7, 11) is 0. The van der Waals surface area contributed by atoms with Crippen LogP contribution >= 0.6 is 0 Å². The molecule has 3 rings (SSSR count). The normalized spacial score (nSPS) is 19.0. The maximum Gasteiger partial charge on any atom is 0.324 e. The second-order valence-electron chi connectivity index (χ2n) is 6.64. The SMILES string of the molecule is Cc1noc(NC(=O)N2CC/C(=C\c3ccc(F)c(F)c3)C(C)C2)c1C. The van der Waals surface area contributed by atoms with Crippen molar-refractivity contribution < 1.29 is 18.1 Å². The number of carbonyl (C=O) groups excluding carboxylic acids is 1. The van der Waals surface area contributed by atoms with Gasteiger partial charge in [-0.25, -0.2) is 13.6 Å². The maximum absolute atomic E-state index is 13.4. The number of hydrogen-bond acceptors (Lipinski definition) is 3. The zero-order valence-corrected chi connectivity index (χ0v) is 15.0. The van der Waals surface area contributed by atoms with E-state index in [9.17, 15) is 13.6 Å². The highest BCUT2D eigenvalue weighted by molar-refractivity contribution is 5.88. The number of nitrogens with one attached hydrogen (secondary N) is 1. The summed E-state index contributed by atoms with van der Waals surface area (Å²) in [5.41, 5.74) is 3.27. The lowest BCUT2D eigenvalue weighted by Gasteiger charge is -2.33. The van der Waals surface area contributed by atoms with Gasteiger partial charge in [0, 0.05) is 18.7 Å². The molecule has 7 heteroatoms. The summed E-state index contributed by atoms with van der Waals surface area (Å²) in [5, 5.41) is 6.57. The minimum absolute atomic E-state index is 0.111. The molecule has 1 N–H and O–H groups in total. The molecule has 1 aliphatic heterocycles. The van der Waals surface area contributed by atoms with Gasteiger partial charge in [0.1, 0.15) is 0 Å². The molecule has 0 aliphatic carbocycles. The van der Waals surface area contributed by atoms with Crippen LogP contribution in [0.2, 0.25) is 0 Å². The van der Waals surface area contributed by atoms with Gasteiger partial charge in [0.25, 0.3) is 0 Å². The highest BCUT2D eigenvalue weighted by Crippen LogP contribution is 2.26. The predicted molar refractivity (Wildman–Crippen MR) is 94.7 cm³/mol. The number of aromatic nitrogens is 1. The van der Waals surface area contributed by atoms with Crippen LogP contribution in [-0.2, 0) is 0 Å². The number of benzene rings is 1. The Hall–Kier alpha value is -2.70. The second-order valence-corrected chi connectivity index (χ2v) is 6.64. The number of likely N-dealkylation sites (tertiary alicyclic amines) is 1. The van der Waals surface area contributed by atoms with E-state index in [4.69, 9.17) is 4.52 Å². The van der Waals surface area contributed by atoms with Crippen molar-refractivity contribution in [1.29, 1.82) is 0 Å². The van der Waals surface area contributed by atoms with Gasteiger partial charge < -0.3 is 9.42 Å². The van der Waals surface area contributed by atoms with E-state index >= 15 is 0 Å². The van der Waals surface area contributed by atoms with Gasteiger partial charge in [-0.2, -0.15) is 0 Å². The molecule has 138 valence electrons. The molecule has 1 atom stereocenters. The van der Waals surface area contributed by atoms with Crippen molar-refractivity contribution in [3.05, 3.63) is 52.2 Å². The first kappa shape index (κ1) is 18.1. The van der Waals surface area contributed by atoms with E-state index in [2.05, 4.69) is 10.5 Å². The molecule has 1 aliphatic rings. The first-order valence-corrected chi connectivity index (χ1v) is 8.49. The van der Waals surface area contributed by atoms with Gasteiger partial charge in [-0.05, 0) is 43.9 Å². The number of rotatable bonds is 2. The van der Waals surface area contributed by atoms with E-state index in [1.807, 2.05) is 26.8 Å². The number of halogens is 2. The van der Waals surface area contributed by atoms with Crippen molar-refractivity contribution in [3.63, 3.8) is 0 Å². The van der Waals surface area contributed by atoms with Gasteiger partial charge in [0.15, 0.2) is 11.6 Å². The molecule has 2 amide bonds. The van der Waals surface area contributed by atoms with Crippen LogP contribution in [0.25, 0.3) is 6.08 Å². The number of nitrogens with zero attached hydrogens (tertiary/aromatic N) is 2. The Labute approximate surface area is 150 Å². The summed E-state index contributed by atoms with van der Waals surface area (Å²) in [6.07, 6.45) is 2.54. The highest BCUT2D eigenvalue weighted by Gasteiger charge is 2.25. The van der Waals surface area contributed by atoms with Gasteiger partial charge in [0.2, 0.25) is 5.88 Å². The number of urea groups is 1. The third-order valence-corrected chi connectivity index (χ3v) is 4.76. The monoisotopic (exact) mass is 361 g/mol. The summed E-state index contributed by atoms with van der Waals surface area (Å²) >= 11 is 0. The average Bonchev–Trinajstić information content (AvgIpc) is 2.92. The zero-order valence-electron chi connectivity index (χ0n) is 15.0. The Balaban J connectivity index is 1.66. The molecule has 1 aromatic heterocycles. The second kappa shape index (κ2) is 7.27. The molecule has 0 saturated carbocycles. The molecule has 2 heterocycles. The molecule has 1 saturated heterocycles. The molecular weight excluding hydrogens is 340 g/mol. The number of carbonyl (C=O) groups is 1. The summed E-state index contributed by atoms with van der Waals surface area (Å²) in [4.78, 5) is 14.2. The van der Waals surface area contributed by atoms with Gasteiger partial charge in [0.05, 0.1) is 5.69 Å². The summed E-state index contributed by atoms with van der Waals surface area (Å²) in [5.74, 6) is -1.24. The third kappa shape index (κ3) is 3.76. The van der Waals surface area contributed by atoms with Gasteiger partial charge in [-0.1, -0.05) is 29.8 Å². The molecular formula is C19H21F2N3O2. The summed E-state index contributed by atoms with van der Waals surface area (Å²) in [6.45, 7) is 6.73. The van der Waals surface area contributed by atoms with E-state index in [0.717, 1.165) is 22.9 Å². The molecule has 26 heavy (non-hydrogen) atoms. The average molecular weight is 361 g/mol. The fraction of sp³-hybridized carbons (Fsp3) is 0.368. The summed E-state index contributed by atoms with van der Waals surface area (Å²) < 4.78 is 31.5. The zero-order chi connectivity index (χ0) is 18.8. The third-order valence-electron chi connectivity index (χ3n) is 4.76. The first-order chi connectivity index (χ1) is 12.3. The standard InChI is InChI=1S/C19H21F2N3O2/c1-11-10-24(19(25)22-18-12(2)13(3)23-26-18)7-6-15(11)8-14-4-5-16(20)17(21)9-14/h4-5,8-9,11H,6-7,10H2,1-3H3,(H,22,25)/b15-8+. The largest absolute Gasteiger partial charge is 0.338 e. The predicted octanol–water partition coefficient (Wildman–Crippen LogP) is 4.53. The van der Waals surface area contributed by atoms with E-state index in [1.54, 1.807) is 11.0 Å². The number of anilines is 1. The Bertz CT molecular complexity index is 860. The van der Waals surface area contributed by atoms with Crippen LogP contribution in [-0.4, -0.2) is 29.2 Å². The number of hydrogen-bond donors (Lipinski definition) is 1. The molecule has 0 radical (unpaired) electrons. The molecule has 5 nitrogen and oxygen atoms in total. The topological polar surface area (TPSA) is 58.4 Å². The molecule has 1 unspecified atom stereocenters. The fourth-order valence-corrected chi connectivity index (χ4v) is 2.97. The van der Waals surface area contributed by atoms with Crippen LogP contribution in [0, 0.1) is 31.4 Å². The lowest BCUT2D eigenvalue weighted by molar-refractivity contribution is 0.197. The number of aryl methyl sites for hydroxylation is 1. The Morgan fingerprint density at radius 1 is 1.35 bits per heavy atom. The van der Waals surface area contributed by atoms with Crippen LogP contribution in [0.1, 0.15) is 30.2 Å². The van der Waals surface area contributed by atoms with Crippen molar-refractivity contribution in [3.8, 4) is 0 Å². The smallest absolute Gasteiger partial charge is 0.324 e. The fourth-order valence-electron chi connectivity index (χ4n) is 2.97. The first-order valence-electron chi connectivity index (χ1n) is 8.49. The van der Waals surface area contributed by atoms with Gasteiger partial charge >= 0.3 is 6.03 Å². The molecule has 0 bridgehead atoms. The van der Waals surface area contributed by atoms with Gasteiger partial charge in [-0.15, -0.1) is 0 Å². The molecule has 1 aromatic carbocycles.